The highest BCUT2D eigenvalue weighted by atomic mass is 19.1. The second kappa shape index (κ2) is 5.05. The van der Waals surface area contributed by atoms with Gasteiger partial charge in [0.05, 0.1) is 27.0 Å². The third kappa shape index (κ3) is 2.14. The van der Waals surface area contributed by atoms with Crippen LogP contribution in [0.25, 0.3) is 11.3 Å². The molecule has 0 atom stereocenters. The van der Waals surface area contributed by atoms with E-state index in [1.807, 2.05) is 0 Å². The number of anilines is 1. The first kappa shape index (κ1) is 13.0. The Bertz CT molecular complexity index is 598. The first-order chi connectivity index (χ1) is 9.12. The Labute approximate surface area is 109 Å². The number of ether oxygens (including phenoxy) is 3. The number of aromatic nitrogens is 2. The number of aromatic amines is 1. The van der Waals surface area contributed by atoms with Crippen molar-refractivity contribution < 1.29 is 18.6 Å². The van der Waals surface area contributed by atoms with Gasteiger partial charge in [0.2, 0.25) is 11.6 Å². The molecule has 7 heteroatoms. The molecule has 2 rings (SSSR count). The molecule has 0 unspecified atom stereocenters. The molecule has 0 fully saturated rings. The van der Waals surface area contributed by atoms with Gasteiger partial charge in [-0.05, 0) is 6.07 Å². The normalized spacial score (nSPS) is 10.3. The van der Waals surface area contributed by atoms with Crippen molar-refractivity contribution >= 4 is 5.82 Å². The van der Waals surface area contributed by atoms with Crippen molar-refractivity contribution in [2.45, 2.75) is 0 Å². The number of nitrogens with one attached hydrogen (secondary N) is 1. The number of rotatable bonds is 4. The first-order valence-electron chi connectivity index (χ1n) is 5.42. The van der Waals surface area contributed by atoms with Crippen LogP contribution in [0, 0.1) is 5.82 Å². The lowest BCUT2D eigenvalue weighted by Gasteiger charge is -2.14. The van der Waals surface area contributed by atoms with Gasteiger partial charge in [-0.3, -0.25) is 5.10 Å². The van der Waals surface area contributed by atoms with Crippen LogP contribution >= 0.6 is 0 Å². The highest BCUT2D eigenvalue weighted by Gasteiger charge is 2.22. The molecule has 102 valence electrons. The number of nitrogens with zero attached hydrogens (tertiary/aromatic N) is 1. The van der Waals surface area contributed by atoms with Crippen LogP contribution in [0.3, 0.4) is 0 Å². The number of nitrogens with two attached hydrogens (primary N) is 1. The number of nitrogen functional groups attached to an aromatic ring is 1. The quantitative estimate of drug-likeness (QED) is 0.883. The summed E-state index contributed by atoms with van der Waals surface area (Å²) < 4.78 is 29.4. The van der Waals surface area contributed by atoms with Crippen LogP contribution < -0.4 is 19.9 Å². The van der Waals surface area contributed by atoms with Crippen LogP contribution in [0.15, 0.2) is 12.1 Å². The summed E-state index contributed by atoms with van der Waals surface area (Å²) in [6.45, 7) is 0. The Morgan fingerprint density at radius 3 is 2.26 bits per heavy atom. The van der Waals surface area contributed by atoms with Gasteiger partial charge in [0.25, 0.3) is 0 Å². The zero-order valence-corrected chi connectivity index (χ0v) is 10.8. The minimum Gasteiger partial charge on any atom is -0.493 e. The molecule has 0 aliphatic carbocycles. The van der Waals surface area contributed by atoms with E-state index in [1.165, 1.54) is 21.3 Å². The molecule has 0 amide bonds. The number of H-pyrrole nitrogens is 1. The van der Waals surface area contributed by atoms with Crippen LogP contribution in [0.4, 0.5) is 10.2 Å². The van der Waals surface area contributed by atoms with Crippen LogP contribution in [0.5, 0.6) is 17.2 Å². The second-order valence-electron chi connectivity index (χ2n) is 3.71. The van der Waals surface area contributed by atoms with Crippen LogP contribution in [0.1, 0.15) is 0 Å². The number of methoxy groups -OCH3 is 3. The van der Waals surface area contributed by atoms with Gasteiger partial charge in [-0.2, -0.15) is 9.49 Å². The average Bonchev–Trinajstić information content (AvgIpc) is 2.84. The Kier molecular flexibility index (Phi) is 3.46. The maximum absolute atomic E-state index is 14.3. The SMILES string of the molecule is COc1cc(-c2cc(N)n[nH]2)c(OC)c(F)c1OC. The molecule has 2 aromatic rings. The van der Waals surface area contributed by atoms with Crippen LogP contribution in [-0.4, -0.2) is 31.5 Å². The predicted octanol–water partition coefficient (Wildman–Crippen LogP) is 1.82. The molecule has 0 radical (unpaired) electrons. The molecule has 6 nitrogen and oxygen atoms in total. The van der Waals surface area contributed by atoms with Gasteiger partial charge in [-0.25, -0.2) is 0 Å². The summed E-state index contributed by atoms with van der Waals surface area (Å²) in [6.07, 6.45) is 0. The van der Waals surface area contributed by atoms with Crippen molar-refractivity contribution in [3.8, 4) is 28.5 Å². The maximum atomic E-state index is 14.3. The number of hydrogen-bond donors (Lipinski definition) is 2. The van der Waals surface area contributed by atoms with Gasteiger partial charge in [0.1, 0.15) is 5.82 Å². The summed E-state index contributed by atoms with van der Waals surface area (Å²) in [4.78, 5) is 0. The van der Waals surface area contributed by atoms with Gasteiger partial charge in [-0.15, -0.1) is 0 Å². The topological polar surface area (TPSA) is 82.4 Å². The Morgan fingerprint density at radius 1 is 1.11 bits per heavy atom. The molecular formula is C12H14FN3O3. The summed E-state index contributed by atoms with van der Waals surface area (Å²) in [7, 11) is 4.15. The summed E-state index contributed by atoms with van der Waals surface area (Å²) in [5.41, 5.74) is 6.51. The van der Waals surface area contributed by atoms with E-state index in [9.17, 15) is 4.39 Å². The van der Waals surface area contributed by atoms with Gasteiger partial charge < -0.3 is 19.9 Å². The molecular weight excluding hydrogens is 253 g/mol. The minimum atomic E-state index is -0.646. The Balaban J connectivity index is 2.69. The van der Waals surface area contributed by atoms with Crippen LogP contribution in [0.2, 0.25) is 0 Å². The van der Waals surface area contributed by atoms with E-state index in [4.69, 9.17) is 19.9 Å². The molecule has 19 heavy (non-hydrogen) atoms. The van der Waals surface area contributed by atoms with Gasteiger partial charge >= 0.3 is 0 Å². The molecule has 3 N–H and O–H groups in total. The fourth-order valence-electron chi connectivity index (χ4n) is 1.81. The van der Waals surface area contributed by atoms with Crippen molar-refractivity contribution in [2.75, 3.05) is 27.1 Å². The van der Waals surface area contributed by atoms with Gasteiger partial charge in [-0.1, -0.05) is 0 Å². The van der Waals surface area contributed by atoms with Crippen molar-refractivity contribution in [3.05, 3.63) is 17.9 Å². The molecule has 0 aliphatic rings. The fraction of sp³-hybridized carbons (Fsp3) is 0.250. The molecule has 0 spiro atoms. The highest BCUT2D eigenvalue weighted by Crippen LogP contribution is 2.42. The van der Waals surface area contributed by atoms with Gasteiger partial charge in [0, 0.05) is 11.6 Å². The lowest BCUT2D eigenvalue weighted by molar-refractivity contribution is 0.321. The molecule has 1 aromatic heterocycles. The lowest BCUT2D eigenvalue weighted by Crippen LogP contribution is -1.99. The van der Waals surface area contributed by atoms with E-state index in [2.05, 4.69) is 10.2 Å². The Morgan fingerprint density at radius 2 is 1.79 bits per heavy atom. The molecule has 0 saturated carbocycles. The van der Waals surface area contributed by atoms with Gasteiger partial charge in [0.15, 0.2) is 11.5 Å². The molecule has 0 aliphatic heterocycles. The maximum Gasteiger partial charge on any atom is 0.211 e. The summed E-state index contributed by atoms with van der Waals surface area (Å²) >= 11 is 0. The van der Waals surface area contributed by atoms with Crippen molar-refractivity contribution in [3.63, 3.8) is 0 Å². The monoisotopic (exact) mass is 267 g/mol. The smallest absolute Gasteiger partial charge is 0.211 e. The van der Waals surface area contributed by atoms with E-state index < -0.39 is 5.82 Å². The largest absolute Gasteiger partial charge is 0.493 e. The summed E-state index contributed by atoms with van der Waals surface area (Å²) in [6, 6.07) is 3.16. The number of halogens is 1. The average molecular weight is 267 g/mol. The Hall–Kier alpha value is -2.44. The molecule has 0 bridgehead atoms. The second-order valence-corrected chi connectivity index (χ2v) is 3.71. The predicted molar refractivity (Wildman–Crippen MR) is 68.1 cm³/mol. The number of benzene rings is 1. The van der Waals surface area contributed by atoms with Crippen LogP contribution in [-0.2, 0) is 0 Å². The van der Waals surface area contributed by atoms with E-state index in [0.717, 1.165) is 0 Å². The van der Waals surface area contributed by atoms with Crippen molar-refractivity contribution in [1.82, 2.24) is 10.2 Å². The molecule has 0 saturated heterocycles. The lowest BCUT2D eigenvalue weighted by atomic mass is 10.1. The summed E-state index contributed by atoms with van der Waals surface area (Å²) in [5, 5.41) is 6.49. The first-order valence-corrected chi connectivity index (χ1v) is 5.42. The zero-order chi connectivity index (χ0) is 14.0. The van der Waals surface area contributed by atoms with E-state index in [0.29, 0.717) is 17.1 Å². The molecule has 1 aromatic carbocycles. The fourth-order valence-corrected chi connectivity index (χ4v) is 1.81. The minimum absolute atomic E-state index is 0.0180. The van der Waals surface area contributed by atoms with Crippen molar-refractivity contribution in [2.24, 2.45) is 0 Å². The van der Waals surface area contributed by atoms with E-state index in [-0.39, 0.29) is 17.2 Å². The van der Waals surface area contributed by atoms with E-state index in [1.54, 1.807) is 12.1 Å². The molecule has 1 heterocycles. The summed E-state index contributed by atoms with van der Waals surface area (Å²) in [5.74, 6) is -0.0828. The third-order valence-corrected chi connectivity index (χ3v) is 2.66. The standard InChI is InChI=1S/C12H14FN3O3/c1-17-8-4-6(7-5-9(14)16-15-7)11(18-2)10(13)12(8)19-3/h4-5H,1-3H3,(H3,14,15,16). The van der Waals surface area contributed by atoms with Crippen molar-refractivity contribution in [1.29, 1.82) is 0 Å². The zero-order valence-electron chi connectivity index (χ0n) is 10.8. The van der Waals surface area contributed by atoms with E-state index >= 15 is 0 Å². The third-order valence-electron chi connectivity index (χ3n) is 2.66. The highest BCUT2D eigenvalue weighted by molar-refractivity contribution is 5.73. The number of hydrogen-bond acceptors (Lipinski definition) is 5.